The van der Waals surface area contributed by atoms with Crippen LogP contribution >= 0.6 is 11.3 Å². The number of fused-ring (bicyclic) bond motifs is 5. The number of carbonyl (C=O) groups excluding carboxylic acids is 1. The maximum Gasteiger partial charge on any atom is 0.165 e. The van der Waals surface area contributed by atoms with Gasteiger partial charge in [0.05, 0.1) is 6.10 Å². The first kappa shape index (κ1) is 17.9. The van der Waals surface area contributed by atoms with Crippen molar-refractivity contribution in [1.82, 2.24) is 0 Å². The molecule has 2 nitrogen and oxygen atoms in total. The number of aliphatic hydroxyl groups is 1. The van der Waals surface area contributed by atoms with Crippen molar-refractivity contribution in [3.63, 3.8) is 0 Å². The third-order valence-corrected chi connectivity index (χ3v) is 9.40. The number of allylic oxidation sites excluding steroid dienone is 2. The molecule has 1 N–H and O–H groups in total. The summed E-state index contributed by atoms with van der Waals surface area (Å²) in [6, 6.07) is 4.18. The minimum absolute atomic E-state index is 0.150. The summed E-state index contributed by atoms with van der Waals surface area (Å²) in [5.74, 6) is 2.19. The second-order valence-electron chi connectivity index (χ2n) is 9.83. The molecule has 0 spiro atoms. The molecule has 144 valence electrons. The maximum atomic E-state index is 13.4. The van der Waals surface area contributed by atoms with Crippen molar-refractivity contribution in [2.24, 2.45) is 28.6 Å². The van der Waals surface area contributed by atoms with E-state index in [-0.39, 0.29) is 16.9 Å². The van der Waals surface area contributed by atoms with Crippen LogP contribution in [0.3, 0.4) is 0 Å². The van der Waals surface area contributed by atoms with Crippen LogP contribution in [0.15, 0.2) is 34.7 Å². The first-order valence-corrected chi connectivity index (χ1v) is 11.5. The second-order valence-corrected chi connectivity index (χ2v) is 10.8. The molecule has 1 aromatic heterocycles. The summed E-state index contributed by atoms with van der Waals surface area (Å²) in [5.41, 5.74) is 2.64. The van der Waals surface area contributed by atoms with Gasteiger partial charge in [-0.05, 0) is 91.2 Å². The molecule has 3 heteroatoms. The highest BCUT2D eigenvalue weighted by atomic mass is 32.1. The summed E-state index contributed by atoms with van der Waals surface area (Å²) in [6.45, 7) is 4.70. The van der Waals surface area contributed by atoms with Crippen molar-refractivity contribution in [1.29, 1.82) is 0 Å². The Morgan fingerprint density at radius 1 is 1.15 bits per heavy atom. The fourth-order valence-corrected chi connectivity index (χ4v) is 7.67. The van der Waals surface area contributed by atoms with E-state index in [2.05, 4.69) is 43.5 Å². The summed E-state index contributed by atoms with van der Waals surface area (Å²) >= 11 is 1.72. The monoisotopic (exact) mass is 382 g/mol. The van der Waals surface area contributed by atoms with Crippen LogP contribution < -0.4 is 0 Å². The van der Waals surface area contributed by atoms with Crippen LogP contribution in [-0.2, 0) is 4.79 Å². The smallest absolute Gasteiger partial charge is 0.165 e. The average molecular weight is 383 g/mol. The zero-order valence-electron chi connectivity index (χ0n) is 16.4. The molecule has 0 aromatic carbocycles. The topological polar surface area (TPSA) is 37.3 Å². The van der Waals surface area contributed by atoms with Gasteiger partial charge in [0.25, 0.3) is 0 Å². The SMILES string of the molecule is C[C@]12CC[C@@H](O)CC1=CC[C@H]1[C@H]3CC(=Cc4cccs4)C(=O)[C@@]3(C)CC[C@@H]12. The molecule has 1 heterocycles. The zero-order valence-corrected chi connectivity index (χ0v) is 17.2. The van der Waals surface area contributed by atoms with Gasteiger partial charge < -0.3 is 5.11 Å². The quantitative estimate of drug-likeness (QED) is 0.504. The number of ketones is 1. The molecular formula is C24H30O2S. The van der Waals surface area contributed by atoms with E-state index in [9.17, 15) is 9.90 Å². The summed E-state index contributed by atoms with van der Waals surface area (Å²) in [5, 5.41) is 12.2. The second kappa shape index (κ2) is 6.15. The molecule has 0 saturated heterocycles. The Balaban J connectivity index is 1.49. The minimum atomic E-state index is -0.167. The summed E-state index contributed by atoms with van der Waals surface area (Å²) in [4.78, 5) is 14.6. The van der Waals surface area contributed by atoms with Gasteiger partial charge in [-0.3, -0.25) is 4.79 Å². The minimum Gasteiger partial charge on any atom is -0.393 e. The summed E-state index contributed by atoms with van der Waals surface area (Å²) < 4.78 is 0. The Kier molecular flexibility index (Phi) is 4.07. The Morgan fingerprint density at radius 3 is 2.74 bits per heavy atom. The molecule has 4 aliphatic carbocycles. The standard InChI is InChI=1S/C24H30O2S/c1-23-9-7-17(25)14-16(23)5-6-19-20(23)8-10-24(2)21(19)13-15(22(24)26)12-18-4-3-11-27-18/h3-5,11-12,17,19-21,25H,6-10,13-14H2,1-2H3/t17-,19-,20+,21-,23+,24+/m1/s1. The van der Waals surface area contributed by atoms with Crippen LogP contribution in [0, 0.1) is 28.6 Å². The highest BCUT2D eigenvalue weighted by Crippen LogP contribution is 2.64. The van der Waals surface area contributed by atoms with Crippen LogP contribution in [-0.4, -0.2) is 17.0 Å². The highest BCUT2D eigenvalue weighted by Gasteiger charge is 2.59. The molecule has 0 unspecified atom stereocenters. The molecule has 3 fully saturated rings. The maximum absolute atomic E-state index is 13.4. The Bertz CT molecular complexity index is 819. The number of hydrogen-bond donors (Lipinski definition) is 1. The molecule has 0 aliphatic heterocycles. The lowest BCUT2D eigenvalue weighted by Gasteiger charge is -2.56. The molecule has 0 amide bonds. The van der Waals surface area contributed by atoms with Gasteiger partial charge in [-0.15, -0.1) is 11.3 Å². The lowest BCUT2D eigenvalue weighted by atomic mass is 9.48. The largest absolute Gasteiger partial charge is 0.393 e. The fourth-order valence-electron chi connectivity index (χ4n) is 6.99. The van der Waals surface area contributed by atoms with E-state index < -0.39 is 0 Å². The third kappa shape index (κ3) is 2.57. The van der Waals surface area contributed by atoms with Gasteiger partial charge in [0.2, 0.25) is 0 Å². The number of hydrogen-bond acceptors (Lipinski definition) is 3. The van der Waals surface area contributed by atoms with Crippen LogP contribution in [0.25, 0.3) is 6.08 Å². The van der Waals surface area contributed by atoms with Crippen molar-refractivity contribution >= 4 is 23.2 Å². The molecule has 1 aromatic rings. The molecule has 27 heavy (non-hydrogen) atoms. The van der Waals surface area contributed by atoms with Crippen molar-refractivity contribution < 1.29 is 9.90 Å². The summed E-state index contributed by atoms with van der Waals surface area (Å²) in [7, 11) is 0. The van der Waals surface area contributed by atoms with Crippen LogP contribution in [0.5, 0.6) is 0 Å². The lowest BCUT2D eigenvalue weighted by molar-refractivity contribution is -0.130. The van der Waals surface area contributed by atoms with Gasteiger partial charge in [0.15, 0.2) is 5.78 Å². The van der Waals surface area contributed by atoms with Gasteiger partial charge in [0.1, 0.15) is 0 Å². The first-order chi connectivity index (χ1) is 12.9. The van der Waals surface area contributed by atoms with E-state index in [4.69, 9.17) is 0 Å². The number of carbonyl (C=O) groups is 1. The van der Waals surface area contributed by atoms with E-state index >= 15 is 0 Å². The molecule has 3 saturated carbocycles. The highest BCUT2D eigenvalue weighted by molar-refractivity contribution is 7.10. The van der Waals surface area contributed by atoms with E-state index in [1.165, 1.54) is 16.9 Å². The average Bonchev–Trinajstić information content (AvgIpc) is 3.24. The summed E-state index contributed by atoms with van der Waals surface area (Å²) in [6.07, 6.45) is 11.6. The predicted molar refractivity (Wildman–Crippen MR) is 110 cm³/mol. The number of aliphatic hydroxyl groups excluding tert-OH is 1. The van der Waals surface area contributed by atoms with Gasteiger partial charge in [-0.1, -0.05) is 31.6 Å². The van der Waals surface area contributed by atoms with Crippen molar-refractivity contribution in [2.75, 3.05) is 0 Å². The number of Topliss-reactive ketones (excluding diaryl/α,β-unsaturated/α-hetero) is 1. The van der Waals surface area contributed by atoms with Crippen LogP contribution in [0.2, 0.25) is 0 Å². The molecule has 5 rings (SSSR count). The van der Waals surface area contributed by atoms with Crippen LogP contribution in [0.4, 0.5) is 0 Å². The van der Waals surface area contributed by atoms with Crippen LogP contribution in [0.1, 0.15) is 63.7 Å². The fraction of sp³-hybridized carbons (Fsp3) is 0.625. The number of rotatable bonds is 1. The first-order valence-electron chi connectivity index (χ1n) is 10.6. The molecule has 0 bridgehead atoms. The Labute approximate surface area is 166 Å². The van der Waals surface area contributed by atoms with E-state index in [1.54, 1.807) is 11.3 Å². The molecule has 0 radical (unpaired) electrons. The lowest BCUT2D eigenvalue weighted by Crippen LogP contribution is -2.50. The van der Waals surface area contributed by atoms with Gasteiger partial charge >= 0.3 is 0 Å². The Hall–Kier alpha value is -1.19. The molecule has 4 aliphatic rings. The van der Waals surface area contributed by atoms with Crippen molar-refractivity contribution in [3.05, 3.63) is 39.6 Å². The van der Waals surface area contributed by atoms with Crippen molar-refractivity contribution in [3.8, 4) is 0 Å². The zero-order chi connectivity index (χ0) is 18.8. The molecule has 6 atom stereocenters. The van der Waals surface area contributed by atoms with Crippen molar-refractivity contribution in [2.45, 2.75) is 64.9 Å². The van der Waals surface area contributed by atoms with Gasteiger partial charge in [-0.2, -0.15) is 0 Å². The normalized spacial score (nSPS) is 45.2. The third-order valence-electron chi connectivity index (χ3n) is 8.58. The Morgan fingerprint density at radius 2 is 1.96 bits per heavy atom. The van der Waals surface area contributed by atoms with Gasteiger partial charge in [0, 0.05) is 10.3 Å². The predicted octanol–water partition coefficient (Wildman–Crippen LogP) is 5.63. The van der Waals surface area contributed by atoms with E-state index in [1.807, 2.05) is 0 Å². The van der Waals surface area contributed by atoms with E-state index in [0.717, 1.165) is 44.1 Å². The van der Waals surface area contributed by atoms with E-state index in [0.29, 0.717) is 23.5 Å². The molecular weight excluding hydrogens is 352 g/mol. The van der Waals surface area contributed by atoms with Gasteiger partial charge in [-0.25, -0.2) is 0 Å². The number of thiophene rings is 1.